The molecule has 7 nitrogen and oxygen atoms in total. The third kappa shape index (κ3) is 6.16. The number of amides is 1. The van der Waals surface area contributed by atoms with E-state index in [4.69, 9.17) is 4.74 Å². The Morgan fingerprint density at radius 3 is 2.62 bits per heavy atom. The summed E-state index contributed by atoms with van der Waals surface area (Å²) in [6.45, 7) is 8.37. The fourth-order valence-corrected chi connectivity index (χ4v) is 5.22. The van der Waals surface area contributed by atoms with Crippen LogP contribution in [0.3, 0.4) is 0 Å². The van der Waals surface area contributed by atoms with E-state index in [-0.39, 0.29) is 11.8 Å². The number of likely N-dealkylation sites (tertiary alicyclic amines) is 1. The number of rotatable bonds is 8. The molecule has 2 N–H and O–H groups in total. The monoisotopic (exact) mass is 530 g/mol. The number of aliphatic hydroxyl groups is 1. The fraction of sp³-hybridized carbons (Fsp3) is 0.538. The molecule has 1 amide bonds. The van der Waals surface area contributed by atoms with Gasteiger partial charge in [-0.05, 0) is 97.9 Å². The Kier molecular flexibility index (Phi) is 8.58. The lowest BCUT2D eigenvalue weighted by atomic mass is 9.95. The van der Waals surface area contributed by atoms with E-state index < -0.39 is 6.29 Å². The van der Waals surface area contributed by atoms with Crippen LogP contribution in [0.25, 0.3) is 0 Å². The van der Waals surface area contributed by atoms with Crippen LogP contribution in [0.4, 0.5) is 11.5 Å². The summed E-state index contributed by atoms with van der Waals surface area (Å²) in [5.41, 5.74) is 2.82. The molecule has 2 aliphatic heterocycles. The number of pyridine rings is 1. The lowest BCUT2D eigenvalue weighted by molar-refractivity contribution is -0.134. The topological polar surface area (TPSA) is 77.9 Å². The Morgan fingerprint density at radius 2 is 1.97 bits per heavy atom. The number of nitrogens with zero attached hydrogens (tertiary/aromatic N) is 3. The average molecular weight is 531 g/mol. The first-order chi connectivity index (χ1) is 16.4. The number of anilines is 2. The van der Waals surface area contributed by atoms with E-state index in [1.54, 1.807) is 6.20 Å². The number of carbonyl (C=O) groups is 1. The Bertz CT molecular complexity index is 963. The molecule has 3 heterocycles. The van der Waals surface area contributed by atoms with Crippen molar-refractivity contribution in [2.24, 2.45) is 5.92 Å². The van der Waals surface area contributed by atoms with Crippen LogP contribution in [0.2, 0.25) is 0 Å². The molecule has 4 rings (SSSR count). The smallest absolute Gasteiger partial charge is 0.256 e. The zero-order chi connectivity index (χ0) is 24.1. The average Bonchev–Trinajstić information content (AvgIpc) is 3.25. The van der Waals surface area contributed by atoms with E-state index in [0.717, 1.165) is 54.7 Å². The first kappa shape index (κ1) is 25.1. The number of hydrogen-bond acceptors (Lipinski definition) is 6. The first-order valence-electron chi connectivity index (χ1n) is 12.3. The summed E-state index contributed by atoms with van der Waals surface area (Å²) in [5.74, 6) is 0.577. The lowest BCUT2D eigenvalue weighted by Crippen LogP contribution is -2.38. The molecule has 0 saturated carbocycles. The maximum atomic E-state index is 12.8. The summed E-state index contributed by atoms with van der Waals surface area (Å²) < 4.78 is 6.31. The molecule has 0 bridgehead atoms. The second kappa shape index (κ2) is 11.6. The van der Waals surface area contributed by atoms with E-state index in [1.807, 2.05) is 37.3 Å². The highest BCUT2D eigenvalue weighted by Gasteiger charge is 2.26. The normalized spacial score (nSPS) is 20.5. The van der Waals surface area contributed by atoms with Crippen LogP contribution in [-0.2, 0) is 11.3 Å². The van der Waals surface area contributed by atoms with Gasteiger partial charge in [-0.3, -0.25) is 9.69 Å². The minimum absolute atomic E-state index is 0.166. The molecule has 2 aromatic rings. The van der Waals surface area contributed by atoms with E-state index in [9.17, 15) is 9.90 Å². The van der Waals surface area contributed by atoms with Gasteiger partial charge >= 0.3 is 0 Å². The van der Waals surface area contributed by atoms with Gasteiger partial charge in [-0.2, -0.15) is 0 Å². The molecule has 34 heavy (non-hydrogen) atoms. The van der Waals surface area contributed by atoms with Crippen LogP contribution in [0.5, 0.6) is 0 Å². The van der Waals surface area contributed by atoms with E-state index in [0.29, 0.717) is 24.0 Å². The third-order valence-electron chi connectivity index (χ3n) is 7.02. The first-order valence-corrected chi connectivity index (χ1v) is 13.1. The van der Waals surface area contributed by atoms with Crippen molar-refractivity contribution in [3.63, 3.8) is 0 Å². The standard InChI is InChI=1S/C26H35BrN4O3/c1-3-34-26(33)20-10-13-30(14-11-20)22-8-6-19(7-9-22)25(32)29-24-15-21(23(27)16-28-24)17-31-12-4-5-18(31)2/h6-9,15-16,18,20,26,33H,3-5,10-14,17H2,1-2H3,(H,28,29,32)/t18-,26?/m1/s1. The second-order valence-corrected chi connectivity index (χ2v) is 10.1. The van der Waals surface area contributed by atoms with Gasteiger partial charge < -0.3 is 20.1 Å². The Morgan fingerprint density at radius 1 is 1.24 bits per heavy atom. The molecular weight excluding hydrogens is 496 g/mol. The highest BCUT2D eigenvalue weighted by atomic mass is 79.9. The summed E-state index contributed by atoms with van der Waals surface area (Å²) in [7, 11) is 0. The summed E-state index contributed by atoms with van der Waals surface area (Å²) >= 11 is 3.61. The number of carbonyl (C=O) groups excluding carboxylic acids is 1. The predicted molar refractivity (Wildman–Crippen MR) is 138 cm³/mol. The zero-order valence-corrected chi connectivity index (χ0v) is 21.6. The lowest BCUT2D eigenvalue weighted by Gasteiger charge is -2.35. The van der Waals surface area contributed by atoms with Crippen molar-refractivity contribution in [2.75, 3.05) is 36.5 Å². The fourth-order valence-electron chi connectivity index (χ4n) is 4.88. The van der Waals surface area contributed by atoms with Crippen molar-refractivity contribution in [3.8, 4) is 0 Å². The highest BCUT2D eigenvalue weighted by Crippen LogP contribution is 2.27. The Labute approximate surface area is 210 Å². The van der Waals surface area contributed by atoms with Crippen LogP contribution >= 0.6 is 15.9 Å². The quantitative estimate of drug-likeness (QED) is 0.483. The van der Waals surface area contributed by atoms with E-state index >= 15 is 0 Å². The number of benzene rings is 1. The Hall–Kier alpha value is -2.00. The summed E-state index contributed by atoms with van der Waals surface area (Å²) in [4.78, 5) is 22.0. The van der Waals surface area contributed by atoms with Crippen molar-refractivity contribution < 1.29 is 14.6 Å². The number of aliphatic hydroxyl groups excluding tert-OH is 1. The van der Waals surface area contributed by atoms with Gasteiger partial charge in [0.05, 0.1) is 0 Å². The van der Waals surface area contributed by atoms with Gasteiger partial charge in [0, 0.05) is 60.1 Å². The molecule has 2 aliphatic rings. The summed E-state index contributed by atoms with van der Waals surface area (Å²) in [5, 5.41) is 13.0. The third-order valence-corrected chi connectivity index (χ3v) is 7.73. The summed E-state index contributed by atoms with van der Waals surface area (Å²) in [6, 6.07) is 10.2. The number of ether oxygens (including phenoxy) is 1. The molecule has 1 aromatic heterocycles. The van der Waals surface area contributed by atoms with Gasteiger partial charge in [-0.25, -0.2) is 4.98 Å². The Balaban J connectivity index is 1.34. The minimum Gasteiger partial charge on any atom is -0.372 e. The van der Waals surface area contributed by atoms with Crippen molar-refractivity contribution in [3.05, 3.63) is 52.1 Å². The zero-order valence-electron chi connectivity index (χ0n) is 20.0. The summed E-state index contributed by atoms with van der Waals surface area (Å²) in [6.07, 6.45) is 5.33. The van der Waals surface area contributed by atoms with Gasteiger partial charge in [-0.15, -0.1) is 0 Å². The second-order valence-electron chi connectivity index (χ2n) is 9.29. The van der Waals surface area contributed by atoms with Gasteiger partial charge in [0.15, 0.2) is 6.29 Å². The number of piperidine rings is 1. The highest BCUT2D eigenvalue weighted by molar-refractivity contribution is 9.10. The molecule has 2 fully saturated rings. The number of halogens is 1. The van der Waals surface area contributed by atoms with Crippen molar-refractivity contribution in [1.82, 2.24) is 9.88 Å². The van der Waals surface area contributed by atoms with E-state index in [2.05, 4.69) is 43.0 Å². The van der Waals surface area contributed by atoms with Gasteiger partial charge in [0.2, 0.25) is 0 Å². The SMILES string of the molecule is CCOC(O)C1CCN(c2ccc(C(=O)Nc3cc(CN4CCC[C@H]4C)c(Br)cn3)cc2)CC1. The van der Waals surface area contributed by atoms with Crippen LogP contribution in [-0.4, -0.2) is 59.5 Å². The number of nitrogens with one attached hydrogen (secondary N) is 1. The van der Waals surface area contributed by atoms with Crippen molar-refractivity contribution in [2.45, 2.75) is 58.4 Å². The van der Waals surface area contributed by atoms with Gasteiger partial charge in [0.1, 0.15) is 5.82 Å². The minimum atomic E-state index is -0.676. The van der Waals surface area contributed by atoms with Crippen LogP contribution < -0.4 is 10.2 Å². The molecule has 0 spiro atoms. The molecule has 8 heteroatoms. The molecule has 2 atom stereocenters. The molecule has 184 valence electrons. The number of aromatic nitrogens is 1. The van der Waals surface area contributed by atoms with Crippen LogP contribution in [0.1, 0.15) is 55.5 Å². The van der Waals surface area contributed by atoms with Gasteiger partial charge in [-0.1, -0.05) is 0 Å². The number of hydrogen-bond donors (Lipinski definition) is 2. The van der Waals surface area contributed by atoms with Crippen LogP contribution in [0, 0.1) is 5.92 Å². The molecule has 1 unspecified atom stereocenters. The van der Waals surface area contributed by atoms with Crippen LogP contribution in [0.15, 0.2) is 41.0 Å². The maximum absolute atomic E-state index is 12.8. The molecule has 0 aliphatic carbocycles. The largest absolute Gasteiger partial charge is 0.372 e. The maximum Gasteiger partial charge on any atom is 0.256 e. The van der Waals surface area contributed by atoms with Crippen molar-refractivity contribution in [1.29, 1.82) is 0 Å². The molecule has 0 radical (unpaired) electrons. The predicted octanol–water partition coefficient (Wildman–Crippen LogP) is 4.65. The van der Waals surface area contributed by atoms with Gasteiger partial charge in [0.25, 0.3) is 5.91 Å². The molecular formula is C26H35BrN4O3. The van der Waals surface area contributed by atoms with E-state index in [1.165, 1.54) is 12.8 Å². The molecule has 1 aromatic carbocycles. The molecule has 2 saturated heterocycles. The van der Waals surface area contributed by atoms with Crippen molar-refractivity contribution >= 4 is 33.3 Å².